The van der Waals surface area contributed by atoms with Crippen LogP contribution in [0.25, 0.3) is 0 Å². The molecule has 0 radical (unpaired) electrons. The van der Waals surface area contributed by atoms with Crippen LogP contribution in [0.2, 0.25) is 0 Å². The summed E-state index contributed by atoms with van der Waals surface area (Å²) >= 11 is 1.48. The summed E-state index contributed by atoms with van der Waals surface area (Å²) in [7, 11) is 0. The minimum atomic E-state index is -0.902. The summed E-state index contributed by atoms with van der Waals surface area (Å²) in [4.78, 5) is 25.1. The fourth-order valence-corrected chi connectivity index (χ4v) is 5.57. The van der Waals surface area contributed by atoms with Crippen molar-refractivity contribution in [3.63, 3.8) is 0 Å². The molecule has 2 saturated carbocycles. The third kappa shape index (κ3) is 2.09. The summed E-state index contributed by atoms with van der Waals surface area (Å²) in [6.45, 7) is 0. The lowest BCUT2D eigenvalue weighted by Crippen LogP contribution is -2.17. The minimum absolute atomic E-state index is 0.0470. The quantitative estimate of drug-likeness (QED) is 0.900. The number of nitrogens with one attached hydrogen (secondary N) is 1. The lowest BCUT2D eigenvalue weighted by atomic mass is 9.95. The number of hydrogen-bond acceptors (Lipinski definition) is 3. The Balaban J connectivity index is 1.58. The molecule has 2 unspecified atom stereocenters. The van der Waals surface area contributed by atoms with E-state index in [1.807, 2.05) is 0 Å². The maximum absolute atomic E-state index is 12.4. The van der Waals surface area contributed by atoms with E-state index in [9.17, 15) is 14.7 Å². The third-order valence-corrected chi connectivity index (χ3v) is 6.54. The standard InChI is InChI=1S/C16H19NO3S/c18-14(12-8-5-3-6-9(8)12)17-15-13(16(19)20)10-4-1-2-7-11(10)21-15/h8-9,12H,1-7H2,(H,17,18)(H,19,20). The molecule has 4 nitrogen and oxygen atoms in total. The van der Waals surface area contributed by atoms with Gasteiger partial charge in [0.1, 0.15) is 5.00 Å². The predicted molar refractivity (Wildman–Crippen MR) is 80.9 cm³/mol. The number of hydrogen-bond donors (Lipinski definition) is 2. The summed E-state index contributed by atoms with van der Waals surface area (Å²) in [5, 5.41) is 13.0. The van der Waals surface area contributed by atoms with Crippen molar-refractivity contribution in [3.8, 4) is 0 Å². The average Bonchev–Trinajstić information content (AvgIpc) is 2.83. The lowest BCUT2D eigenvalue weighted by Gasteiger charge is -2.10. The fraction of sp³-hybridized carbons (Fsp3) is 0.625. The molecule has 0 aromatic carbocycles. The zero-order valence-corrected chi connectivity index (χ0v) is 12.7. The molecule has 0 aliphatic heterocycles. The molecule has 0 spiro atoms. The number of fused-ring (bicyclic) bond motifs is 2. The Hall–Kier alpha value is -1.36. The van der Waals surface area contributed by atoms with E-state index < -0.39 is 5.97 Å². The van der Waals surface area contributed by atoms with Gasteiger partial charge in [-0.25, -0.2) is 4.79 Å². The van der Waals surface area contributed by atoms with Gasteiger partial charge in [0, 0.05) is 10.8 Å². The minimum Gasteiger partial charge on any atom is -0.478 e. The molecule has 2 fully saturated rings. The molecule has 1 aromatic heterocycles. The van der Waals surface area contributed by atoms with Crippen LogP contribution in [0.1, 0.15) is 52.9 Å². The van der Waals surface area contributed by atoms with Gasteiger partial charge in [-0.1, -0.05) is 6.42 Å². The van der Waals surface area contributed by atoms with E-state index in [4.69, 9.17) is 0 Å². The number of rotatable bonds is 3. The van der Waals surface area contributed by atoms with Crippen molar-refractivity contribution in [2.24, 2.45) is 17.8 Å². The Kier molecular flexibility index (Phi) is 3.06. The van der Waals surface area contributed by atoms with Crippen molar-refractivity contribution in [3.05, 3.63) is 16.0 Å². The molecule has 112 valence electrons. The van der Waals surface area contributed by atoms with Crippen LogP contribution in [0.4, 0.5) is 5.00 Å². The highest BCUT2D eigenvalue weighted by Crippen LogP contribution is 2.58. The molecule has 1 amide bonds. The second kappa shape index (κ2) is 4.83. The van der Waals surface area contributed by atoms with Gasteiger partial charge in [0.2, 0.25) is 5.91 Å². The Bertz CT molecular complexity index is 611. The molecule has 3 aliphatic rings. The lowest BCUT2D eigenvalue weighted by molar-refractivity contribution is -0.118. The molecule has 4 rings (SSSR count). The molecule has 5 heteroatoms. The summed E-state index contributed by atoms with van der Waals surface area (Å²) < 4.78 is 0. The molecule has 1 aromatic rings. The Morgan fingerprint density at radius 1 is 1.10 bits per heavy atom. The van der Waals surface area contributed by atoms with Gasteiger partial charge in [-0.15, -0.1) is 11.3 Å². The SMILES string of the molecule is O=C(O)c1c(NC(=O)C2C3CCCC32)sc2c1CCCC2. The number of carbonyl (C=O) groups excluding carboxylic acids is 1. The van der Waals surface area contributed by atoms with Gasteiger partial charge in [-0.3, -0.25) is 4.79 Å². The number of aromatic carboxylic acids is 1. The van der Waals surface area contributed by atoms with Crippen LogP contribution in [0, 0.1) is 17.8 Å². The zero-order chi connectivity index (χ0) is 14.6. The molecular weight excluding hydrogens is 286 g/mol. The monoisotopic (exact) mass is 305 g/mol. The third-order valence-electron chi connectivity index (χ3n) is 5.33. The molecular formula is C16H19NO3S. The number of carboxylic acid groups (broad SMARTS) is 1. The van der Waals surface area contributed by atoms with Crippen molar-refractivity contribution in [2.75, 3.05) is 5.32 Å². The number of carbonyl (C=O) groups is 2. The number of amides is 1. The van der Waals surface area contributed by atoms with E-state index in [1.54, 1.807) is 0 Å². The molecule has 0 bridgehead atoms. The first-order chi connectivity index (χ1) is 10.2. The Labute approximate surface area is 127 Å². The highest BCUT2D eigenvalue weighted by atomic mass is 32.1. The van der Waals surface area contributed by atoms with Crippen LogP contribution in [-0.2, 0) is 17.6 Å². The van der Waals surface area contributed by atoms with Crippen molar-refractivity contribution in [2.45, 2.75) is 44.9 Å². The molecule has 0 saturated heterocycles. The van der Waals surface area contributed by atoms with Gasteiger partial charge >= 0.3 is 5.97 Å². The second-order valence-electron chi connectivity index (χ2n) is 6.49. The first kappa shape index (κ1) is 13.3. The predicted octanol–water partition coefficient (Wildman–Crippen LogP) is 3.31. The largest absolute Gasteiger partial charge is 0.478 e. The van der Waals surface area contributed by atoms with E-state index in [0.29, 0.717) is 22.4 Å². The van der Waals surface area contributed by atoms with E-state index in [0.717, 1.165) is 49.0 Å². The van der Waals surface area contributed by atoms with Crippen LogP contribution in [0.3, 0.4) is 0 Å². The van der Waals surface area contributed by atoms with Crippen molar-refractivity contribution in [1.29, 1.82) is 0 Å². The van der Waals surface area contributed by atoms with Gasteiger partial charge in [-0.05, 0) is 55.9 Å². The normalized spacial score (nSPS) is 29.6. The van der Waals surface area contributed by atoms with Crippen LogP contribution < -0.4 is 5.32 Å². The smallest absolute Gasteiger partial charge is 0.339 e. The van der Waals surface area contributed by atoms with Crippen molar-refractivity contribution >= 4 is 28.2 Å². The molecule has 21 heavy (non-hydrogen) atoms. The van der Waals surface area contributed by atoms with Gasteiger partial charge < -0.3 is 10.4 Å². The molecule has 2 atom stereocenters. The number of anilines is 1. The summed E-state index contributed by atoms with van der Waals surface area (Å²) in [6, 6.07) is 0. The van der Waals surface area contributed by atoms with E-state index in [2.05, 4.69) is 5.32 Å². The summed E-state index contributed by atoms with van der Waals surface area (Å²) in [6.07, 6.45) is 7.51. The van der Waals surface area contributed by atoms with Crippen LogP contribution in [0.5, 0.6) is 0 Å². The number of thiophene rings is 1. The Morgan fingerprint density at radius 3 is 2.52 bits per heavy atom. The maximum atomic E-state index is 12.4. The van der Waals surface area contributed by atoms with E-state index in [-0.39, 0.29) is 11.8 Å². The highest BCUT2D eigenvalue weighted by Gasteiger charge is 2.56. The van der Waals surface area contributed by atoms with Crippen LogP contribution in [-0.4, -0.2) is 17.0 Å². The number of aryl methyl sites for hydroxylation is 1. The fourth-order valence-electron chi connectivity index (χ4n) is 4.29. The molecule has 1 heterocycles. The first-order valence-electron chi connectivity index (χ1n) is 7.85. The van der Waals surface area contributed by atoms with Crippen LogP contribution >= 0.6 is 11.3 Å². The second-order valence-corrected chi connectivity index (χ2v) is 7.60. The van der Waals surface area contributed by atoms with Gasteiger partial charge in [-0.2, -0.15) is 0 Å². The summed E-state index contributed by atoms with van der Waals surface area (Å²) in [5.74, 6) is 0.409. The highest BCUT2D eigenvalue weighted by molar-refractivity contribution is 7.17. The van der Waals surface area contributed by atoms with Gasteiger partial charge in [0.25, 0.3) is 0 Å². The molecule has 3 aliphatic carbocycles. The molecule has 2 N–H and O–H groups in total. The zero-order valence-electron chi connectivity index (χ0n) is 11.9. The van der Waals surface area contributed by atoms with E-state index in [1.165, 1.54) is 17.8 Å². The maximum Gasteiger partial charge on any atom is 0.339 e. The number of carboxylic acids is 1. The topological polar surface area (TPSA) is 66.4 Å². The van der Waals surface area contributed by atoms with Gasteiger partial charge in [0.05, 0.1) is 5.56 Å². The average molecular weight is 305 g/mol. The van der Waals surface area contributed by atoms with Crippen LogP contribution in [0.15, 0.2) is 0 Å². The Morgan fingerprint density at radius 2 is 1.81 bits per heavy atom. The van der Waals surface area contributed by atoms with Crippen molar-refractivity contribution < 1.29 is 14.7 Å². The first-order valence-corrected chi connectivity index (χ1v) is 8.67. The van der Waals surface area contributed by atoms with E-state index >= 15 is 0 Å². The van der Waals surface area contributed by atoms with Gasteiger partial charge in [0.15, 0.2) is 0 Å². The van der Waals surface area contributed by atoms with Crippen molar-refractivity contribution in [1.82, 2.24) is 0 Å². The summed E-state index contributed by atoms with van der Waals surface area (Å²) in [5.41, 5.74) is 1.32.